The lowest BCUT2D eigenvalue weighted by Gasteiger charge is -2.13. The average molecular weight is 427 g/mol. The van der Waals surface area contributed by atoms with E-state index in [1.165, 1.54) is 11.3 Å². The topological polar surface area (TPSA) is 93.2 Å². The van der Waals surface area contributed by atoms with Crippen LogP contribution >= 0.6 is 11.3 Å². The number of hydrogen-bond donors (Lipinski definition) is 2. The first-order valence-corrected chi connectivity index (χ1v) is 10.7. The Balaban J connectivity index is 1.83. The molecule has 0 saturated carbocycles. The zero-order valence-electron chi connectivity index (χ0n) is 17.6. The van der Waals surface area contributed by atoms with Gasteiger partial charge < -0.3 is 10.1 Å². The molecule has 0 unspecified atom stereocenters. The van der Waals surface area contributed by atoms with Crippen LogP contribution in [0.5, 0.6) is 5.75 Å². The van der Waals surface area contributed by atoms with Crippen molar-refractivity contribution in [3.63, 3.8) is 0 Å². The molecule has 158 valence electrons. The minimum absolute atomic E-state index is 0.0120. The molecule has 0 spiro atoms. The van der Waals surface area contributed by atoms with Gasteiger partial charge in [0.1, 0.15) is 10.8 Å². The molecule has 1 aromatic heterocycles. The van der Waals surface area contributed by atoms with E-state index in [-0.39, 0.29) is 24.5 Å². The lowest BCUT2D eigenvalue weighted by Crippen LogP contribution is -2.34. The van der Waals surface area contributed by atoms with Crippen molar-refractivity contribution in [3.05, 3.63) is 47.0 Å². The number of nitrogens with zero attached hydrogens (tertiary/aromatic N) is 2. The fraction of sp³-hybridized carbons (Fsp3) is 0.364. The standard InChI is InChI=1S/C22H26N4O3S/c1-13(2)9-20-25-26-22(30-20)24-21(28)17-10-15-7-5-6-8-16(15)11-18(17)29-12-19(27)23-14(3)4/h5-8,10-11,13-14H,9,12H2,1-4H3,(H,23,27)(H,24,26,28). The Morgan fingerprint density at radius 1 is 1.07 bits per heavy atom. The number of nitrogens with one attached hydrogen (secondary N) is 2. The Morgan fingerprint density at radius 3 is 2.43 bits per heavy atom. The highest BCUT2D eigenvalue weighted by atomic mass is 32.1. The van der Waals surface area contributed by atoms with Crippen molar-refractivity contribution < 1.29 is 14.3 Å². The van der Waals surface area contributed by atoms with Gasteiger partial charge in [-0.05, 0) is 42.7 Å². The van der Waals surface area contributed by atoms with E-state index in [2.05, 4.69) is 34.7 Å². The highest BCUT2D eigenvalue weighted by Gasteiger charge is 2.18. The fourth-order valence-electron chi connectivity index (χ4n) is 2.92. The maximum Gasteiger partial charge on any atom is 0.261 e. The first-order valence-electron chi connectivity index (χ1n) is 9.90. The molecular formula is C22H26N4O3S. The second-order valence-electron chi connectivity index (χ2n) is 7.76. The summed E-state index contributed by atoms with van der Waals surface area (Å²) in [5, 5.41) is 16.9. The maximum absolute atomic E-state index is 13.0. The highest BCUT2D eigenvalue weighted by molar-refractivity contribution is 7.15. The lowest BCUT2D eigenvalue weighted by atomic mass is 10.1. The summed E-state index contributed by atoms with van der Waals surface area (Å²) < 4.78 is 5.72. The zero-order chi connectivity index (χ0) is 21.7. The van der Waals surface area contributed by atoms with E-state index in [0.29, 0.717) is 22.4 Å². The van der Waals surface area contributed by atoms with Gasteiger partial charge in [-0.2, -0.15) is 0 Å². The van der Waals surface area contributed by atoms with Crippen LogP contribution in [0.1, 0.15) is 43.1 Å². The van der Waals surface area contributed by atoms with Crippen molar-refractivity contribution in [3.8, 4) is 5.75 Å². The van der Waals surface area contributed by atoms with Crippen LogP contribution in [-0.4, -0.2) is 34.7 Å². The number of hydrogen-bond acceptors (Lipinski definition) is 6. The lowest BCUT2D eigenvalue weighted by molar-refractivity contribution is -0.123. The largest absolute Gasteiger partial charge is 0.483 e. The summed E-state index contributed by atoms with van der Waals surface area (Å²) in [7, 11) is 0. The smallest absolute Gasteiger partial charge is 0.261 e. The van der Waals surface area contributed by atoms with E-state index >= 15 is 0 Å². The van der Waals surface area contributed by atoms with Gasteiger partial charge in [0, 0.05) is 12.5 Å². The summed E-state index contributed by atoms with van der Waals surface area (Å²) in [6.45, 7) is 7.79. The molecule has 30 heavy (non-hydrogen) atoms. The molecule has 7 nitrogen and oxygen atoms in total. The van der Waals surface area contributed by atoms with Crippen LogP contribution in [0.3, 0.4) is 0 Å². The Hall–Kier alpha value is -3.00. The normalized spacial score (nSPS) is 11.1. The molecular weight excluding hydrogens is 400 g/mol. The molecule has 0 aliphatic heterocycles. The van der Waals surface area contributed by atoms with Crippen molar-refractivity contribution in [1.82, 2.24) is 15.5 Å². The summed E-state index contributed by atoms with van der Waals surface area (Å²) in [4.78, 5) is 25.0. The Labute approximate surface area is 179 Å². The number of aromatic nitrogens is 2. The quantitative estimate of drug-likeness (QED) is 0.567. The molecule has 3 rings (SSSR count). The number of fused-ring (bicyclic) bond motifs is 1. The molecule has 0 aliphatic rings. The third kappa shape index (κ3) is 5.76. The van der Waals surface area contributed by atoms with Crippen LogP contribution in [-0.2, 0) is 11.2 Å². The number of carbonyl (C=O) groups excluding carboxylic acids is 2. The molecule has 8 heteroatoms. The molecule has 0 radical (unpaired) electrons. The van der Waals surface area contributed by atoms with Gasteiger partial charge in [0.15, 0.2) is 6.61 Å². The predicted octanol–water partition coefficient (Wildman–Crippen LogP) is 4.05. The summed E-state index contributed by atoms with van der Waals surface area (Å²) in [6.07, 6.45) is 0.808. The molecule has 2 N–H and O–H groups in total. The van der Waals surface area contributed by atoms with Crippen LogP contribution in [0, 0.1) is 5.92 Å². The zero-order valence-corrected chi connectivity index (χ0v) is 18.4. The SMILES string of the molecule is CC(C)Cc1nnc(NC(=O)c2cc3ccccc3cc2OCC(=O)NC(C)C)s1. The van der Waals surface area contributed by atoms with Crippen molar-refractivity contribution >= 4 is 39.1 Å². The number of rotatable bonds is 8. The van der Waals surface area contributed by atoms with Crippen LogP contribution in [0.2, 0.25) is 0 Å². The number of benzene rings is 2. The van der Waals surface area contributed by atoms with Crippen molar-refractivity contribution in [2.24, 2.45) is 5.92 Å². The Bertz CT molecular complexity index is 1050. The first-order chi connectivity index (χ1) is 14.3. The van der Waals surface area contributed by atoms with E-state index in [9.17, 15) is 9.59 Å². The second kappa shape index (κ2) is 9.67. The van der Waals surface area contributed by atoms with Gasteiger partial charge in [0.2, 0.25) is 5.13 Å². The van der Waals surface area contributed by atoms with E-state index < -0.39 is 0 Å². The van der Waals surface area contributed by atoms with E-state index in [1.54, 1.807) is 12.1 Å². The Morgan fingerprint density at radius 2 is 1.77 bits per heavy atom. The molecule has 0 saturated heterocycles. The van der Waals surface area contributed by atoms with Gasteiger partial charge in [-0.15, -0.1) is 10.2 Å². The molecule has 3 aromatic rings. The first kappa shape index (κ1) is 21.7. The molecule has 0 bridgehead atoms. The second-order valence-corrected chi connectivity index (χ2v) is 8.82. The summed E-state index contributed by atoms with van der Waals surface area (Å²) in [6, 6.07) is 11.2. The van der Waals surface area contributed by atoms with Crippen LogP contribution in [0.4, 0.5) is 5.13 Å². The average Bonchev–Trinajstić information content (AvgIpc) is 3.11. The maximum atomic E-state index is 13.0. The van der Waals surface area contributed by atoms with Gasteiger partial charge in [-0.1, -0.05) is 49.4 Å². The van der Waals surface area contributed by atoms with Gasteiger partial charge in [-0.25, -0.2) is 0 Å². The molecule has 2 aromatic carbocycles. The van der Waals surface area contributed by atoms with Crippen LogP contribution in [0.15, 0.2) is 36.4 Å². The van der Waals surface area contributed by atoms with E-state index in [4.69, 9.17) is 4.74 Å². The third-order valence-corrected chi connectivity index (χ3v) is 5.03. The monoisotopic (exact) mass is 426 g/mol. The number of amides is 2. The Kier molecular flexibility index (Phi) is 6.99. The molecule has 1 heterocycles. The minimum Gasteiger partial charge on any atom is -0.483 e. The number of carbonyl (C=O) groups is 2. The molecule has 0 aliphatic carbocycles. The van der Waals surface area contributed by atoms with Crippen molar-refractivity contribution in [2.45, 2.75) is 40.2 Å². The van der Waals surface area contributed by atoms with Crippen LogP contribution < -0.4 is 15.4 Å². The van der Waals surface area contributed by atoms with Gasteiger partial charge >= 0.3 is 0 Å². The number of anilines is 1. The molecule has 0 atom stereocenters. The predicted molar refractivity (Wildman–Crippen MR) is 119 cm³/mol. The third-order valence-electron chi connectivity index (χ3n) is 4.17. The van der Waals surface area contributed by atoms with E-state index in [0.717, 1.165) is 22.2 Å². The summed E-state index contributed by atoms with van der Waals surface area (Å²) in [5.41, 5.74) is 0.339. The van der Waals surface area contributed by atoms with Crippen molar-refractivity contribution in [2.75, 3.05) is 11.9 Å². The number of ether oxygens (including phenoxy) is 1. The van der Waals surface area contributed by atoms with Gasteiger partial charge in [0.25, 0.3) is 11.8 Å². The summed E-state index contributed by atoms with van der Waals surface area (Å²) in [5.74, 6) is 0.204. The highest BCUT2D eigenvalue weighted by Crippen LogP contribution is 2.28. The molecule has 0 fully saturated rings. The fourth-order valence-corrected chi connectivity index (χ4v) is 3.87. The molecule has 2 amide bonds. The van der Waals surface area contributed by atoms with Gasteiger partial charge in [0.05, 0.1) is 5.56 Å². The van der Waals surface area contributed by atoms with Crippen LogP contribution in [0.25, 0.3) is 10.8 Å². The summed E-state index contributed by atoms with van der Waals surface area (Å²) >= 11 is 1.36. The van der Waals surface area contributed by atoms with E-state index in [1.807, 2.05) is 38.1 Å². The van der Waals surface area contributed by atoms with Gasteiger partial charge in [-0.3, -0.25) is 14.9 Å². The minimum atomic E-state index is -0.354. The van der Waals surface area contributed by atoms with Crippen molar-refractivity contribution in [1.29, 1.82) is 0 Å².